The second-order valence-electron chi connectivity index (χ2n) is 4.23. The van der Waals surface area contributed by atoms with Crippen LogP contribution in [-0.4, -0.2) is 23.9 Å². The molecular weight excluding hydrogens is 356 g/mol. The van der Waals surface area contributed by atoms with Crippen LogP contribution in [0.25, 0.3) is 11.1 Å². The average Bonchev–Trinajstić information content (AvgIpc) is 2.49. The zero-order valence-electron chi connectivity index (χ0n) is 11.3. The summed E-state index contributed by atoms with van der Waals surface area (Å²) in [4.78, 5) is 4.33. The highest BCUT2D eigenvalue weighted by molar-refractivity contribution is 9.10. The van der Waals surface area contributed by atoms with E-state index in [1.807, 2.05) is 12.1 Å². The first-order chi connectivity index (χ1) is 10.1. The third kappa shape index (κ3) is 3.31. The van der Waals surface area contributed by atoms with Crippen molar-refractivity contribution in [1.82, 2.24) is 0 Å². The van der Waals surface area contributed by atoms with Crippen LogP contribution in [0, 0.1) is 0 Å². The smallest absolute Gasteiger partial charge is 0.129 e. The summed E-state index contributed by atoms with van der Waals surface area (Å²) in [6, 6.07) is 10.6. The Morgan fingerprint density at radius 2 is 2.05 bits per heavy atom. The highest BCUT2D eigenvalue weighted by Gasteiger charge is 2.17. The summed E-state index contributed by atoms with van der Waals surface area (Å²) in [6.07, 6.45) is 0. The second kappa shape index (κ2) is 6.83. The van der Waals surface area contributed by atoms with Gasteiger partial charge in [0.05, 0.1) is 24.2 Å². The fourth-order valence-electron chi connectivity index (χ4n) is 1.95. The number of ether oxygens (including phenoxy) is 1. The van der Waals surface area contributed by atoms with Crippen LogP contribution in [-0.2, 0) is 0 Å². The summed E-state index contributed by atoms with van der Waals surface area (Å²) in [7, 11) is 1.56. The lowest BCUT2D eigenvalue weighted by atomic mass is 10.0. The number of aliphatic imine (C=N–C) groups is 1. The van der Waals surface area contributed by atoms with E-state index in [2.05, 4.69) is 20.9 Å². The van der Waals surface area contributed by atoms with Gasteiger partial charge in [0.2, 0.25) is 0 Å². The molecule has 0 aliphatic rings. The third-order valence-corrected chi connectivity index (χ3v) is 3.79. The van der Waals surface area contributed by atoms with Crippen LogP contribution in [0.5, 0.6) is 11.5 Å². The summed E-state index contributed by atoms with van der Waals surface area (Å²) in [5.41, 5.74) is 7.57. The molecule has 0 saturated heterocycles. The van der Waals surface area contributed by atoms with Gasteiger partial charge in [-0.05, 0) is 34.1 Å². The lowest BCUT2D eigenvalue weighted by molar-refractivity contribution is 0.416. The van der Waals surface area contributed by atoms with Crippen LogP contribution >= 0.6 is 27.5 Å². The number of alkyl halides is 1. The van der Waals surface area contributed by atoms with E-state index in [-0.39, 0.29) is 17.5 Å². The van der Waals surface area contributed by atoms with Gasteiger partial charge in [0, 0.05) is 10.0 Å². The van der Waals surface area contributed by atoms with Gasteiger partial charge in [-0.3, -0.25) is 0 Å². The maximum Gasteiger partial charge on any atom is 0.129 e. The molecule has 0 spiro atoms. The average molecular weight is 370 g/mol. The maximum atomic E-state index is 10.1. The summed E-state index contributed by atoms with van der Waals surface area (Å²) >= 11 is 9.15. The molecular formula is C15H14BrClN2O2. The van der Waals surface area contributed by atoms with Gasteiger partial charge in [0.15, 0.2) is 0 Å². The molecule has 0 radical (unpaired) electrons. The van der Waals surface area contributed by atoms with E-state index < -0.39 is 0 Å². The van der Waals surface area contributed by atoms with E-state index in [0.29, 0.717) is 22.6 Å². The number of benzene rings is 2. The number of nitrogens with zero attached hydrogens (tertiary/aromatic N) is 1. The van der Waals surface area contributed by atoms with Gasteiger partial charge >= 0.3 is 0 Å². The molecule has 6 heteroatoms. The molecule has 0 saturated carbocycles. The number of phenolic OH excluding ortho intramolecular Hbond substituents is 1. The van der Waals surface area contributed by atoms with Gasteiger partial charge in [-0.15, -0.1) is 11.6 Å². The minimum Gasteiger partial charge on any atom is -0.507 e. The monoisotopic (exact) mass is 368 g/mol. The zero-order valence-corrected chi connectivity index (χ0v) is 13.6. The van der Waals surface area contributed by atoms with E-state index in [1.165, 1.54) is 0 Å². The lowest BCUT2D eigenvalue weighted by Gasteiger charge is -2.14. The zero-order chi connectivity index (χ0) is 15.4. The van der Waals surface area contributed by atoms with Gasteiger partial charge in [0.25, 0.3) is 0 Å². The Labute approximate surface area is 136 Å². The molecule has 0 fully saturated rings. The second-order valence-corrected chi connectivity index (χ2v) is 5.35. The Balaban J connectivity index is 2.79. The number of halogens is 2. The quantitative estimate of drug-likeness (QED) is 0.485. The SMILES string of the molecule is COc1ccc(Br)c(N=C(N)CCl)c1-c1ccccc1O. The molecule has 0 bridgehead atoms. The van der Waals surface area contributed by atoms with Crippen LogP contribution < -0.4 is 10.5 Å². The molecule has 0 heterocycles. The van der Waals surface area contributed by atoms with Crippen molar-refractivity contribution >= 4 is 39.1 Å². The van der Waals surface area contributed by atoms with Gasteiger partial charge in [-0.1, -0.05) is 18.2 Å². The highest BCUT2D eigenvalue weighted by Crippen LogP contribution is 2.45. The Morgan fingerprint density at radius 1 is 1.33 bits per heavy atom. The van der Waals surface area contributed by atoms with Crippen LogP contribution in [0.4, 0.5) is 5.69 Å². The van der Waals surface area contributed by atoms with Crippen molar-refractivity contribution in [3.05, 3.63) is 40.9 Å². The minimum atomic E-state index is 0.115. The molecule has 0 amide bonds. The first-order valence-electron chi connectivity index (χ1n) is 6.12. The van der Waals surface area contributed by atoms with Crippen molar-refractivity contribution in [1.29, 1.82) is 0 Å². The number of amidine groups is 1. The van der Waals surface area contributed by atoms with Crippen molar-refractivity contribution in [3.63, 3.8) is 0 Å². The number of para-hydroxylation sites is 1. The van der Waals surface area contributed by atoms with E-state index in [9.17, 15) is 5.11 Å². The molecule has 4 nitrogen and oxygen atoms in total. The highest BCUT2D eigenvalue weighted by atomic mass is 79.9. The van der Waals surface area contributed by atoms with Crippen LogP contribution in [0.15, 0.2) is 45.9 Å². The number of methoxy groups -OCH3 is 1. The van der Waals surface area contributed by atoms with Crippen LogP contribution in [0.2, 0.25) is 0 Å². The first-order valence-corrected chi connectivity index (χ1v) is 7.45. The number of hydrogen-bond donors (Lipinski definition) is 2. The molecule has 0 unspecified atom stereocenters. The van der Waals surface area contributed by atoms with Crippen LogP contribution in [0.3, 0.4) is 0 Å². The summed E-state index contributed by atoms with van der Waals surface area (Å²) in [5, 5.41) is 10.1. The molecule has 2 rings (SSSR count). The van der Waals surface area contributed by atoms with Crippen molar-refractivity contribution in [3.8, 4) is 22.6 Å². The molecule has 110 valence electrons. The van der Waals surface area contributed by atoms with Gasteiger partial charge < -0.3 is 15.6 Å². The normalized spacial score (nSPS) is 11.5. The third-order valence-electron chi connectivity index (χ3n) is 2.88. The fourth-order valence-corrected chi connectivity index (χ4v) is 2.42. The topological polar surface area (TPSA) is 67.8 Å². The molecule has 2 aromatic rings. The van der Waals surface area contributed by atoms with E-state index in [0.717, 1.165) is 4.47 Å². The van der Waals surface area contributed by atoms with Gasteiger partial charge in [-0.2, -0.15) is 0 Å². The Bertz CT molecular complexity index is 689. The van der Waals surface area contributed by atoms with Crippen molar-refractivity contribution in [2.75, 3.05) is 13.0 Å². The van der Waals surface area contributed by atoms with E-state index in [1.54, 1.807) is 31.4 Å². The Hall–Kier alpha value is -1.72. The maximum absolute atomic E-state index is 10.1. The van der Waals surface area contributed by atoms with Crippen molar-refractivity contribution < 1.29 is 9.84 Å². The van der Waals surface area contributed by atoms with Gasteiger partial charge in [-0.25, -0.2) is 4.99 Å². The lowest BCUT2D eigenvalue weighted by Crippen LogP contribution is -2.12. The number of phenols is 1. The molecule has 0 aromatic heterocycles. The van der Waals surface area contributed by atoms with Crippen LogP contribution in [0.1, 0.15) is 0 Å². The van der Waals surface area contributed by atoms with E-state index in [4.69, 9.17) is 22.1 Å². The summed E-state index contributed by atoms with van der Waals surface area (Å²) in [6.45, 7) is 0. The number of hydrogen-bond acceptors (Lipinski definition) is 3. The summed E-state index contributed by atoms with van der Waals surface area (Å²) in [5.74, 6) is 1.11. The largest absolute Gasteiger partial charge is 0.507 e. The predicted molar refractivity (Wildman–Crippen MR) is 89.8 cm³/mol. The predicted octanol–water partition coefficient (Wildman–Crippen LogP) is 4.06. The fraction of sp³-hybridized carbons (Fsp3) is 0.133. The van der Waals surface area contributed by atoms with Crippen molar-refractivity contribution in [2.45, 2.75) is 0 Å². The first kappa shape index (κ1) is 15.7. The number of nitrogens with two attached hydrogens (primary N) is 1. The molecule has 2 aromatic carbocycles. The standard InChI is InChI=1S/C15H14BrClN2O2/c1-21-12-7-6-10(16)15(19-13(18)8-17)14(12)9-4-2-3-5-11(9)20/h2-7,20H,8H2,1H3,(H2,18,19). The van der Waals surface area contributed by atoms with Gasteiger partial charge in [0.1, 0.15) is 17.3 Å². The van der Waals surface area contributed by atoms with E-state index >= 15 is 0 Å². The molecule has 0 aliphatic heterocycles. The Kier molecular flexibility index (Phi) is 5.09. The molecule has 0 aliphatic carbocycles. The molecule has 0 atom stereocenters. The van der Waals surface area contributed by atoms with Crippen molar-refractivity contribution in [2.24, 2.45) is 10.7 Å². The minimum absolute atomic E-state index is 0.115. The Morgan fingerprint density at radius 3 is 2.67 bits per heavy atom. The number of rotatable bonds is 4. The number of aromatic hydroxyl groups is 1. The molecule has 3 N–H and O–H groups in total. The molecule has 21 heavy (non-hydrogen) atoms. The summed E-state index contributed by atoms with van der Waals surface area (Å²) < 4.78 is 6.12.